The van der Waals surface area contributed by atoms with Crippen molar-refractivity contribution in [2.24, 2.45) is 0 Å². The van der Waals surface area contributed by atoms with Gasteiger partial charge in [0.05, 0.1) is 20.8 Å². The molecule has 0 bridgehead atoms. The molecule has 0 unspecified atom stereocenters. The summed E-state index contributed by atoms with van der Waals surface area (Å²) in [4.78, 5) is 14.2. The lowest BCUT2D eigenvalue weighted by Crippen LogP contribution is -2.23. The van der Waals surface area contributed by atoms with Gasteiger partial charge in [-0.05, 0) is 73.2 Å². The van der Waals surface area contributed by atoms with Crippen molar-refractivity contribution in [2.75, 3.05) is 0 Å². The number of fused-ring (bicyclic) bond motifs is 2. The molecule has 0 saturated carbocycles. The molecule has 6 rings (SSSR count). The predicted molar refractivity (Wildman–Crippen MR) is 150 cm³/mol. The summed E-state index contributed by atoms with van der Waals surface area (Å²) >= 11 is 0. The van der Waals surface area contributed by atoms with Gasteiger partial charge in [-0.2, -0.15) is 0 Å². The van der Waals surface area contributed by atoms with E-state index in [1.54, 1.807) is 61.5 Å². The number of hydrogen-bond donors (Lipinski definition) is 0. The van der Waals surface area contributed by atoms with Gasteiger partial charge in [0, 0.05) is 10.8 Å². The first-order valence-corrected chi connectivity index (χ1v) is 15.1. The molecule has 0 aliphatic heterocycles. The average Bonchev–Trinajstić information content (AvgIpc) is 3.54. The van der Waals surface area contributed by atoms with Crippen molar-refractivity contribution in [3.8, 4) is 0 Å². The van der Waals surface area contributed by atoms with E-state index >= 15 is 0 Å². The van der Waals surface area contributed by atoms with Gasteiger partial charge in [0.25, 0.3) is 20.0 Å². The first kappa shape index (κ1) is 25.7. The zero-order valence-electron chi connectivity index (χ0n) is 21.0. The molecule has 10 heteroatoms. The third-order valence-corrected chi connectivity index (χ3v) is 10.3. The fourth-order valence-corrected chi connectivity index (χ4v) is 7.93. The summed E-state index contributed by atoms with van der Waals surface area (Å²) in [6.07, 6.45) is 0. The van der Waals surface area contributed by atoms with Gasteiger partial charge >= 0.3 is 0 Å². The minimum Gasteiger partial charge on any atom is -0.285 e. The molecule has 7 nitrogen and oxygen atoms in total. The maximum atomic E-state index is 14.3. The Labute approximate surface area is 229 Å². The lowest BCUT2D eigenvalue weighted by atomic mass is 10.1. The van der Waals surface area contributed by atoms with Gasteiger partial charge in [0.1, 0.15) is 17.2 Å². The topological polar surface area (TPSA) is 95.2 Å². The Morgan fingerprint density at radius 1 is 0.625 bits per heavy atom. The molecule has 0 aliphatic carbocycles. The van der Waals surface area contributed by atoms with E-state index < -0.39 is 31.6 Å². The predicted octanol–water partition coefficient (Wildman–Crippen LogP) is 5.75. The molecule has 40 heavy (non-hydrogen) atoms. The minimum atomic E-state index is -4.34. The molecule has 0 N–H and O–H groups in total. The van der Waals surface area contributed by atoms with Crippen LogP contribution in [0.3, 0.4) is 0 Å². The minimum absolute atomic E-state index is 0.0393. The summed E-state index contributed by atoms with van der Waals surface area (Å²) in [5, 5.41) is 0.692. The first-order valence-electron chi connectivity index (χ1n) is 12.2. The molecule has 6 aromatic rings. The van der Waals surface area contributed by atoms with E-state index in [0.717, 1.165) is 25.6 Å². The fourth-order valence-electron chi connectivity index (χ4n) is 4.88. The highest BCUT2D eigenvalue weighted by molar-refractivity contribution is 7.90. The van der Waals surface area contributed by atoms with Crippen molar-refractivity contribution in [3.63, 3.8) is 0 Å². The van der Waals surface area contributed by atoms with Crippen LogP contribution in [0.15, 0.2) is 119 Å². The largest absolute Gasteiger partial charge is 0.285 e. The number of hydrogen-bond acceptors (Lipinski definition) is 5. The highest BCUT2D eigenvalue weighted by atomic mass is 32.2. The van der Waals surface area contributed by atoms with E-state index in [1.165, 1.54) is 42.5 Å². The Hall–Kier alpha value is -4.54. The number of benzene rings is 4. The number of rotatable bonds is 6. The smallest absolute Gasteiger partial charge is 0.268 e. The SMILES string of the molecule is Cc1cccc2c1cc(C(=O)c1cc3cc(F)ccc3n1S(=O)(=O)c1ccccc1)n2S(=O)(=O)c1ccccc1. The second-order valence-electron chi connectivity index (χ2n) is 9.26. The third kappa shape index (κ3) is 3.95. The second-order valence-corrected chi connectivity index (χ2v) is 12.8. The molecular formula is C30H21FN2O5S2. The summed E-state index contributed by atoms with van der Waals surface area (Å²) in [6.45, 7) is 1.79. The summed E-state index contributed by atoms with van der Waals surface area (Å²) < 4.78 is 71.6. The highest BCUT2D eigenvalue weighted by Gasteiger charge is 2.32. The molecule has 2 aromatic heterocycles. The highest BCUT2D eigenvalue weighted by Crippen LogP contribution is 2.32. The van der Waals surface area contributed by atoms with Crippen LogP contribution in [0.5, 0.6) is 0 Å². The number of aromatic nitrogens is 2. The Morgan fingerprint density at radius 2 is 1.18 bits per heavy atom. The van der Waals surface area contributed by atoms with Gasteiger partial charge < -0.3 is 0 Å². The molecule has 0 aliphatic rings. The number of carbonyl (C=O) groups excluding carboxylic acids is 1. The van der Waals surface area contributed by atoms with Crippen LogP contribution in [0.1, 0.15) is 21.7 Å². The van der Waals surface area contributed by atoms with E-state index in [0.29, 0.717) is 5.39 Å². The average molecular weight is 573 g/mol. The van der Waals surface area contributed by atoms with E-state index in [9.17, 15) is 26.0 Å². The van der Waals surface area contributed by atoms with E-state index in [-0.39, 0.29) is 37.6 Å². The van der Waals surface area contributed by atoms with Crippen LogP contribution in [0.2, 0.25) is 0 Å². The van der Waals surface area contributed by atoms with Gasteiger partial charge in [-0.25, -0.2) is 29.2 Å². The summed E-state index contributed by atoms with van der Waals surface area (Å²) in [5.41, 5.74) is 0.508. The molecule has 0 saturated heterocycles. The zero-order valence-corrected chi connectivity index (χ0v) is 22.7. The zero-order chi connectivity index (χ0) is 28.2. The van der Waals surface area contributed by atoms with Gasteiger partial charge in [-0.15, -0.1) is 0 Å². The normalized spacial score (nSPS) is 12.2. The van der Waals surface area contributed by atoms with Crippen molar-refractivity contribution in [1.29, 1.82) is 0 Å². The fraction of sp³-hybridized carbons (Fsp3) is 0.0333. The molecule has 0 fully saturated rings. The summed E-state index contributed by atoms with van der Waals surface area (Å²) in [7, 11) is -8.63. The quantitative estimate of drug-likeness (QED) is 0.237. The second kappa shape index (κ2) is 9.29. The monoisotopic (exact) mass is 572 g/mol. The molecule has 4 aromatic carbocycles. The van der Waals surface area contributed by atoms with Gasteiger partial charge in [0.15, 0.2) is 0 Å². The maximum Gasteiger partial charge on any atom is 0.268 e. The molecule has 0 radical (unpaired) electrons. The molecule has 2 heterocycles. The number of nitrogens with zero attached hydrogens (tertiary/aromatic N) is 2. The van der Waals surface area contributed by atoms with E-state index in [1.807, 2.05) is 0 Å². The number of ketones is 1. The van der Waals surface area contributed by atoms with Crippen LogP contribution in [-0.2, 0) is 20.0 Å². The van der Waals surface area contributed by atoms with Gasteiger partial charge in [-0.3, -0.25) is 4.79 Å². The third-order valence-electron chi connectivity index (χ3n) is 6.77. The maximum absolute atomic E-state index is 14.3. The summed E-state index contributed by atoms with van der Waals surface area (Å²) in [5.74, 6) is -1.47. The molecule has 0 amide bonds. The molecule has 0 atom stereocenters. The number of carbonyl (C=O) groups is 1. The summed E-state index contributed by atoms with van der Waals surface area (Å²) in [6, 6.07) is 26.5. The van der Waals surface area contributed by atoms with Crippen LogP contribution >= 0.6 is 0 Å². The Bertz CT molecular complexity index is 2170. The van der Waals surface area contributed by atoms with Crippen molar-refractivity contribution < 1.29 is 26.0 Å². The number of aryl methyl sites for hydroxylation is 1. The van der Waals surface area contributed by atoms with Crippen LogP contribution in [0.4, 0.5) is 4.39 Å². The van der Waals surface area contributed by atoms with E-state index in [2.05, 4.69) is 0 Å². The van der Waals surface area contributed by atoms with Crippen LogP contribution in [-0.4, -0.2) is 30.6 Å². The van der Waals surface area contributed by atoms with Crippen LogP contribution < -0.4 is 0 Å². The number of halogens is 1. The van der Waals surface area contributed by atoms with Gasteiger partial charge in [-0.1, -0.05) is 48.5 Å². The first-order chi connectivity index (χ1) is 19.1. The van der Waals surface area contributed by atoms with Crippen molar-refractivity contribution in [2.45, 2.75) is 16.7 Å². The molecule has 0 spiro atoms. The molecular weight excluding hydrogens is 551 g/mol. The van der Waals surface area contributed by atoms with Crippen molar-refractivity contribution in [3.05, 3.63) is 132 Å². The van der Waals surface area contributed by atoms with E-state index in [4.69, 9.17) is 0 Å². The Morgan fingerprint density at radius 3 is 1.77 bits per heavy atom. The van der Waals surface area contributed by atoms with Crippen molar-refractivity contribution in [1.82, 2.24) is 7.94 Å². The van der Waals surface area contributed by atoms with Crippen LogP contribution in [0.25, 0.3) is 21.8 Å². The van der Waals surface area contributed by atoms with Crippen LogP contribution in [0, 0.1) is 12.7 Å². The lowest BCUT2D eigenvalue weighted by molar-refractivity contribution is 0.102. The standard InChI is InChI=1S/C30H21FN2O5S2/c1-20-9-8-14-27-25(20)19-29(33(27)40(37,38)24-12-6-3-7-13-24)30(34)28-18-21-17-22(31)15-16-26(21)32(28)39(35,36)23-10-4-2-5-11-23/h2-19H,1H3. The Kier molecular flexibility index (Phi) is 5.97. The Balaban J connectivity index is 1.68. The molecule has 200 valence electrons. The lowest BCUT2D eigenvalue weighted by Gasteiger charge is -2.14. The van der Waals surface area contributed by atoms with Gasteiger partial charge in [0.2, 0.25) is 5.78 Å². The van der Waals surface area contributed by atoms with Crippen molar-refractivity contribution >= 4 is 47.6 Å².